The minimum atomic E-state index is -1.56. The van der Waals surface area contributed by atoms with Gasteiger partial charge >= 0.3 is 11.9 Å². The molecule has 0 saturated heterocycles. The van der Waals surface area contributed by atoms with E-state index in [1.165, 1.54) is 16.8 Å². The number of carbonyl (C=O) groups is 2. The van der Waals surface area contributed by atoms with E-state index in [4.69, 9.17) is 21.8 Å². The van der Waals surface area contributed by atoms with E-state index in [-0.39, 0.29) is 16.6 Å². The van der Waals surface area contributed by atoms with Crippen LogP contribution in [-0.2, 0) is 0 Å². The van der Waals surface area contributed by atoms with Crippen molar-refractivity contribution in [1.29, 1.82) is 0 Å². The number of rotatable bonds is 4. The Kier molecular flexibility index (Phi) is 7.79. The highest BCUT2D eigenvalue weighted by Gasteiger charge is 2.20. The summed E-state index contributed by atoms with van der Waals surface area (Å²) < 4.78 is 15.5. The van der Waals surface area contributed by atoms with E-state index in [1.54, 1.807) is 48.5 Å². The number of nitrogens with zero attached hydrogens (tertiary/aromatic N) is 4. The van der Waals surface area contributed by atoms with Gasteiger partial charge in [0.05, 0.1) is 27.7 Å². The molecule has 0 saturated carbocycles. The smallest absolute Gasteiger partial charge is 0.360 e. The quantitative estimate of drug-likeness (QED) is 0.222. The van der Waals surface area contributed by atoms with Crippen LogP contribution in [0.4, 0.5) is 4.39 Å². The van der Waals surface area contributed by atoms with Crippen molar-refractivity contribution < 1.29 is 34.4 Å². The summed E-state index contributed by atoms with van der Waals surface area (Å²) in [6, 6.07) is 20.4. The molecule has 14 heteroatoms. The highest BCUT2D eigenvalue weighted by Crippen LogP contribution is 2.29. The molecule has 4 aromatic carbocycles. The van der Waals surface area contributed by atoms with Crippen LogP contribution in [0, 0.1) is 5.82 Å². The van der Waals surface area contributed by atoms with Gasteiger partial charge in [-0.1, -0.05) is 23.7 Å². The fourth-order valence-electron chi connectivity index (χ4n) is 4.33. The number of phenolic OH excluding ortho intramolecular Hbond substituents is 2. The number of fused-ring (bicyclic) bond motifs is 2. The molecule has 44 heavy (non-hydrogen) atoms. The van der Waals surface area contributed by atoms with Crippen LogP contribution >= 0.6 is 11.6 Å². The summed E-state index contributed by atoms with van der Waals surface area (Å²) >= 11 is 5.85. The standard InChI is InChI=1S/C15H9ClN2O3.C15H9FN2O5/c16-9-5-7-10(8-6-9)18-12-4-2-1-3-11(12)14(19)13(17-18)15(20)21;16-7-1-3-8(4-2-7)18-13-10(5-9(19)6-11(13)20)14(21)12(17-18)15(22)23/h1-8H,(H,20,21);1-6,19-20H,(H,22,23). The number of phenols is 2. The maximum absolute atomic E-state index is 13.1. The summed E-state index contributed by atoms with van der Waals surface area (Å²) in [6.07, 6.45) is 0. The molecule has 6 rings (SSSR count). The van der Waals surface area contributed by atoms with Crippen LogP contribution < -0.4 is 10.9 Å². The number of aromatic hydroxyl groups is 2. The highest BCUT2D eigenvalue weighted by molar-refractivity contribution is 6.30. The molecule has 0 atom stereocenters. The second-order valence-electron chi connectivity index (χ2n) is 9.12. The summed E-state index contributed by atoms with van der Waals surface area (Å²) in [4.78, 5) is 46.7. The van der Waals surface area contributed by atoms with Crippen molar-refractivity contribution >= 4 is 45.3 Å². The molecule has 0 unspecified atom stereocenters. The Hall–Kier alpha value is -6.08. The summed E-state index contributed by atoms with van der Waals surface area (Å²) in [5.41, 5.74) is -1.53. The van der Waals surface area contributed by atoms with E-state index in [9.17, 15) is 33.8 Å². The fourth-order valence-corrected chi connectivity index (χ4v) is 4.45. The number of carboxylic acid groups (broad SMARTS) is 2. The Balaban J connectivity index is 0.000000175. The summed E-state index contributed by atoms with van der Waals surface area (Å²) in [7, 11) is 0. The van der Waals surface area contributed by atoms with Crippen LogP contribution in [0.15, 0.2) is 94.5 Å². The SMILES string of the molecule is O=C(O)c1nn(-c2ccc(Cl)cc2)c2ccccc2c1=O.O=C(O)c1nn(-c2ccc(F)cc2)c2c(O)cc(O)cc2c1=O. The van der Waals surface area contributed by atoms with Crippen LogP contribution in [0.25, 0.3) is 33.2 Å². The third-order valence-corrected chi connectivity index (χ3v) is 6.54. The van der Waals surface area contributed by atoms with Gasteiger partial charge in [0.1, 0.15) is 22.8 Å². The van der Waals surface area contributed by atoms with Gasteiger partial charge < -0.3 is 20.4 Å². The predicted octanol–water partition coefficient (Wildman–Crippen LogP) is 4.37. The Morgan fingerprint density at radius 3 is 1.84 bits per heavy atom. The summed E-state index contributed by atoms with van der Waals surface area (Å²) in [5.74, 6) is -4.30. The second kappa shape index (κ2) is 11.7. The lowest BCUT2D eigenvalue weighted by Gasteiger charge is -2.12. The van der Waals surface area contributed by atoms with E-state index in [0.717, 1.165) is 28.9 Å². The number of aromatic carboxylic acids is 2. The molecule has 0 fully saturated rings. The molecule has 0 radical (unpaired) electrons. The molecule has 2 aromatic heterocycles. The van der Waals surface area contributed by atoms with Crippen molar-refractivity contribution in [2.75, 3.05) is 0 Å². The van der Waals surface area contributed by atoms with Crippen molar-refractivity contribution in [2.24, 2.45) is 0 Å². The molecule has 12 nitrogen and oxygen atoms in total. The Morgan fingerprint density at radius 1 is 0.705 bits per heavy atom. The number of aromatic nitrogens is 4. The number of carboxylic acids is 2. The lowest BCUT2D eigenvalue weighted by molar-refractivity contribution is 0.0676. The number of para-hydroxylation sites is 1. The normalized spacial score (nSPS) is 10.8. The molecule has 4 N–H and O–H groups in total. The molecule has 2 heterocycles. The Morgan fingerprint density at radius 2 is 1.23 bits per heavy atom. The zero-order chi connectivity index (χ0) is 31.7. The number of benzene rings is 4. The second-order valence-corrected chi connectivity index (χ2v) is 9.56. The average Bonchev–Trinajstić information content (AvgIpc) is 2.99. The van der Waals surface area contributed by atoms with Gasteiger partial charge in [0.25, 0.3) is 0 Å². The summed E-state index contributed by atoms with van der Waals surface area (Å²) in [5, 5.41) is 46.2. The minimum absolute atomic E-state index is 0.0931. The van der Waals surface area contributed by atoms with Crippen LogP contribution in [-0.4, -0.2) is 51.9 Å². The molecular formula is C30H18ClFN4O8. The van der Waals surface area contributed by atoms with Gasteiger partial charge in [0.2, 0.25) is 22.2 Å². The van der Waals surface area contributed by atoms with E-state index >= 15 is 0 Å². The zero-order valence-corrected chi connectivity index (χ0v) is 22.8. The van der Waals surface area contributed by atoms with Crippen LogP contribution in [0.2, 0.25) is 5.02 Å². The number of halogens is 2. The van der Waals surface area contributed by atoms with Gasteiger partial charge in [0.15, 0.2) is 0 Å². The predicted molar refractivity (Wildman–Crippen MR) is 157 cm³/mol. The molecule has 6 aromatic rings. The molecule has 0 aliphatic rings. The summed E-state index contributed by atoms with van der Waals surface area (Å²) in [6.45, 7) is 0. The van der Waals surface area contributed by atoms with Crippen molar-refractivity contribution in [2.45, 2.75) is 0 Å². The first-order valence-corrected chi connectivity index (χ1v) is 12.8. The van der Waals surface area contributed by atoms with Gasteiger partial charge in [-0.05, 0) is 66.7 Å². The topological polar surface area (TPSA) is 185 Å². The molecule has 0 spiro atoms. The van der Waals surface area contributed by atoms with Crippen molar-refractivity contribution in [1.82, 2.24) is 19.6 Å². The first-order valence-electron chi connectivity index (χ1n) is 12.5. The molecule has 0 amide bonds. The first kappa shape index (κ1) is 29.4. The van der Waals surface area contributed by atoms with Crippen LogP contribution in [0.5, 0.6) is 11.5 Å². The minimum Gasteiger partial charge on any atom is -0.508 e. The number of hydrogen-bond donors (Lipinski definition) is 4. The largest absolute Gasteiger partial charge is 0.508 e. The zero-order valence-electron chi connectivity index (χ0n) is 22.0. The van der Waals surface area contributed by atoms with Crippen molar-refractivity contribution in [3.8, 4) is 22.9 Å². The lowest BCUT2D eigenvalue weighted by atomic mass is 10.1. The monoisotopic (exact) mass is 616 g/mol. The first-order chi connectivity index (χ1) is 21.0. The van der Waals surface area contributed by atoms with Gasteiger partial charge in [-0.15, -0.1) is 0 Å². The van der Waals surface area contributed by atoms with Gasteiger partial charge in [-0.2, -0.15) is 10.2 Å². The number of hydrogen-bond acceptors (Lipinski definition) is 8. The van der Waals surface area contributed by atoms with E-state index < -0.39 is 51.5 Å². The Labute approximate surface area is 249 Å². The third-order valence-electron chi connectivity index (χ3n) is 6.29. The van der Waals surface area contributed by atoms with Crippen LogP contribution in [0.1, 0.15) is 21.0 Å². The van der Waals surface area contributed by atoms with Gasteiger partial charge in [-0.3, -0.25) is 9.59 Å². The third kappa shape index (κ3) is 5.54. The maximum Gasteiger partial charge on any atom is 0.360 e. The lowest BCUT2D eigenvalue weighted by Crippen LogP contribution is -2.22. The van der Waals surface area contributed by atoms with Gasteiger partial charge in [-0.25, -0.2) is 23.3 Å². The molecule has 0 aliphatic heterocycles. The highest BCUT2D eigenvalue weighted by atomic mass is 35.5. The molecular weight excluding hydrogens is 599 g/mol. The Bertz CT molecular complexity index is 2220. The van der Waals surface area contributed by atoms with Crippen molar-refractivity contribution in [3.05, 3.63) is 128 Å². The molecule has 0 aliphatic carbocycles. The van der Waals surface area contributed by atoms with E-state index in [2.05, 4.69) is 10.2 Å². The van der Waals surface area contributed by atoms with E-state index in [0.29, 0.717) is 21.6 Å². The fraction of sp³-hybridized carbons (Fsp3) is 0. The average molecular weight is 617 g/mol. The van der Waals surface area contributed by atoms with Crippen molar-refractivity contribution in [3.63, 3.8) is 0 Å². The van der Waals surface area contributed by atoms with E-state index in [1.807, 2.05) is 0 Å². The van der Waals surface area contributed by atoms with Crippen LogP contribution in [0.3, 0.4) is 0 Å². The van der Waals surface area contributed by atoms with Gasteiger partial charge in [0, 0.05) is 11.1 Å². The molecule has 0 bridgehead atoms. The maximum atomic E-state index is 13.1. The molecule has 220 valence electrons.